The van der Waals surface area contributed by atoms with Crippen LogP contribution in [-0.2, 0) is 4.79 Å². The fourth-order valence-electron chi connectivity index (χ4n) is 4.37. The Kier molecular flexibility index (Phi) is 5.71. The molecular formula is C26H22ClN3O4. The molecule has 34 heavy (non-hydrogen) atoms. The first-order valence-corrected chi connectivity index (χ1v) is 11.3. The zero-order valence-corrected chi connectivity index (χ0v) is 19.2. The molecular weight excluding hydrogens is 454 g/mol. The van der Waals surface area contributed by atoms with Crippen molar-refractivity contribution in [3.05, 3.63) is 82.9 Å². The Balaban J connectivity index is 1.40. The van der Waals surface area contributed by atoms with Gasteiger partial charge in [-0.25, -0.2) is 0 Å². The highest BCUT2D eigenvalue weighted by Crippen LogP contribution is 2.31. The van der Waals surface area contributed by atoms with Crippen LogP contribution in [0.1, 0.15) is 20.7 Å². The molecule has 1 N–H and O–H groups in total. The number of carbonyl (C=O) groups is 3. The molecule has 7 nitrogen and oxygen atoms in total. The molecule has 8 heteroatoms. The third-order valence-corrected chi connectivity index (χ3v) is 6.51. The molecule has 2 heterocycles. The number of piperazine rings is 1. The molecule has 3 amide bonds. The molecule has 0 aliphatic carbocycles. The maximum Gasteiger partial charge on any atom is 0.256 e. The third-order valence-electron chi connectivity index (χ3n) is 6.25. The Bertz CT molecular complexity index is 1270. The predicted molar refractivity (Wildman–Crippen MR) is 129 cm³/mol. The van der Waals surface area contributed by atoms with E-state index in [-0.39, 0.29) is 30.8 Å². The first kappa shape index (κ1) is 22.0. The molecule has 2 aliphatic rings. The predicted octanol–water partition coefficient (Wildman–Crippen LogP) is 3.93. The highest BCUT2D eigenvalue weighted by atomic mass is 35.5. The average molecular weight is 476 g/mol. The number of benzene rings is 3. The third kappa shape index (κ3) is 3.99. The standard InChI is InChI=1S/C26H22ClN3O4/c1-34-20-9-4-17(5-10-20)25(32)29-12-13-30-23(15-29)24(31)28-22-11-6-18(14-21(22)26(30)33)16-2-7-19(27)8-3-16/h2-11,14,23H,12-13,15H2,1H3,(H,28,31). The number of fused-ring (bicyclic) bond motifs is 2. The quantitative estimate of drug-likeness (QED) is 0.622. The molecule has 5 rings (SSSR count). The van der Waals surface area contributed by atoms with Crippen LogP contribution in [0, 0.1) is 0 Å². The monoisotopic (exact) mass is 475 g/mol. The van der Waals surface area contributed by atoms with Gasteiger partial charge in [0, 0.05) is 23.7 Å². The number of hydrogen-bond donors (Lipinski definition) is 1. The second-order valence-corrected chi connectivity index (χ2v) is 8.69. The Morgan fingerprint density at radius 1 is 0.971 bits per heavy atom. The summed E-state index contributed by atoms with van der Waals surface area (Å²) in [4.78, 5) is 42.7. The molecule has 3 aromatic carbocycles. The van der Waals surface area contributed by atoms with E-state index in [0.717, 1.165) is 11.1 Å². The first-order valence-electron chi connectivity index (χ1n) is 10.9. The molecule has 0 radical (unpaired) electrons. The van der Waals surface area contributed by atoms with Gasteiger partial charge in [0.15, 0.2) is 0 Å². The van der Waals surface area contributed by atoms with Gasteiger partial charge in [-0.3, -0.25) is 14.4 Å². The number of amides is 3. The Morgan fingerprint density at radius 2 is 1.68 bits per heavy atom. The van der Waals surface area contributed by atoms with Crippen LogP contribution in [0.3, 0.4) is 0 Å². The van der Waals surface area contributed by atoms with Crippen molar-refractivity contribution in [1.82, 2.24) is 9.80 Å². The van der Waals surface area contributed by atoms with E-state index in [1.54, 1.807) is 65.4 Å². The van der Waals surface area contributed by atoms with Gasteiger partial charge in [0.25, 0.3) is 11.8 Å². The molecule has 0 aromatic heterocycles. The van der Waals surface area contributed by atoms with E-state index >= 15 is 0 Å². The molecule has 2 aliphatic heterocycles. The Labute approximate surface area is 201 Å². The second kappa shape index (κ2) is 8.83. The lowest BCUT2D eigenvalue weighted by Gasteiger charge is -2.39. The van der Waals surface area contributed by atoms with Crippen molar-refractivity contribution in [2.45, 2.75) is 6.04 Å². The minimum Gasteiger partial charge on any atom is -0.497 e. The zero-order valence-electron chi connectivity index (χ0n) is 18.5. The Morgan fingerprint density at radius 3 is 2.38 bits per heavy atom. The number of nitrogens with zero attached hydrogens (tertiary/aromatic N) is 2. The summed E-state index contributed by atoms with van der Waals surface area (Å²) in [5, 5.41) is 3.51. The van der Waals surface area contributed by atoms with Gasteiger partial charge in [-0.2, -0.15) is 0 Å². The summed E-state index contributed by atoms with van der Waals surface area (Å²) in [6, 6.07) is 18.8. The van der Waals surface area contributed by atoms with Gasteiger partial charge in [-0.15, -0.1) is 0 Å². The van der Waals surface area contributed by atoms with Crippen LogP contribution < -0.4 is 10.1 Å². The van der Waals surface area contributed by atoms with Crippen LogP contribution in [0.4, 0.5) is 5.69 Å². The number of carbonyl (C=O) groups excluding carboxylic acids is 3. The number of anilines is 1. The van der Waals surface area contributed by atoms with Crippen LogP contribution in [0.5, 0.6) is 5.75 Å². The smallest absolute Gasteiger partial charge is 0.256 e. The number of nitrogens with one attached hydrogen (secondary N) is 1. The molecule has 0 spiro atoms. The summed E-state index contributed by atoms with van der Waals surface area (Å²) in [6.45, 7) is 0.733. The van der Waals surface area contributed by atoms with Crippen molar-refractivity contribution < 1.29 is 19.1 Å². The summed E-state index contributed by atoms with van der Waals surface area (Å²) in [7, 11) is 1.56. The molecule has 0 bridgehead atoms. The van der Waals surface area contributed by atoms with Gasteiger partial charge in [0.2, 0.25) is 5.91 Å². The van der Waals surface area contributed by atoms with E-state index in [2.05, 4.69) is 5.32 Å². The maximum absolute atomic E-state index is 13.5. The molecule has 1 unspecified atom stereocenters. The van der Waals surface area contributed by atoms with Crippen LogP contribution in [-0.4, -0.2) is 60.3 Å². The largest absolute Gasteiger partial charge is 0.497 e. The minimum atomic E-state index is -0.769. The summed E-state index contributed by atoms with van der Waals surface area (Å²) >= 11 is 6.00. The van der Waals surface area contributed by atoms with Gasteiger partial charge in [-0.05, 0) is 59.7 Å². The van der Waals surface area contributed by atoms with Crippen LogP contribution >= 0.6 is 11.6 Å². The van der Waals surface area contributed by atoms with Gasteiger partial charge >= 0.3 is 0 Å². The van der Waals surface area contributed by atoms with Crippen LogP contribution in [0.25, 0.3) is 11.1 Å². The molecule has 1 fully saturated rings. The lowest BCUT2D eigenvalue weighted by Crippen LogP contribution is -2.59. The summed E-state index contributed by atoms with van der Waals surface area (Å²) in [6.07, 6.45) is 0. The van der Waals surface area contributed by atoms with Crippen molar-refractivity contribution in [3.8, 4) is 16.9 Å². The molecule has 0 saturated carbocycles. The van der Waals surface area contributed by atoms with Crippen molar-refractivity contribution in [2.24, 2.45) is 0 Å². The Hall–Kier alpha value is -3.84. The second-order valence-electron chi connectivity index (χ2n) is 8.25. The van der Waals surface area contributed by atoms with Gasteiger partial charge in [0.05, 0.1) is 24.9 Å². The lowest BCUT2D eigenvalue weighted by atomic mass is 10.0. The molecule has 1 atom stereocenters. The molecule has 172 valence electrons. The highest BCUT2D eigenvalue weighted by molar-refractivity contribution is 6.30. The number of methoxy groups -OCH3 is 1. The highest BCUT2D eigenvalue weighted by Gasteiger charge is 2.40. The van der Waals surface area contributed by atoms with Crippen molar-refractivity contribution in [2.75, 3.05) is 32.1 Å². The van der Waals surface area contributed by atoms with Crippen molar-refractivity contribution in [3.63, 3.8) is 0 Å². The van der Waals surface area contributed by atoms with Crippen LogP contribution in [0.2, 0.25) is 5.02 Å². The van der Waals surface area contributed by atoms with Crippen LogP contribution in [0.15, 0.2) is 66.7 Å². The van der Waals surface area contributed by atoms with E-state index in [0.29, 0.717) is 34.1 Å². The van der Waals surface area contributed by atoms with E-state index < -0.39 is 6.04 Å². The summed E-state index contributed by atoms with van der Waals surface area (Å²) in [5.74, 6) is -0.0653. The normalized spacial score (nSPS) is 17.4. The topological polar surface area (TPSA) is 79.0 Å². The molecule has 1 saturated heterocycles. The minimum absolute atomic E-state index is 0.125. The maximum atomic E-state index is 13.5. The average Bonchev–Trinajstić information content (AvgIpc) is 2.98. The van der Waals surface area contributed by atoms with E-state index in [1.807, 2.05) is 18.2 Å². The number of hydrogen-bond acceptors (Lipinski definition) is 4. The lowest BCUT2D eigenvalue weighted by molar-refractivity contribution is -0.121. The van der Waals surface area contributed by atoms with E-state index in [1.165, 1.54) is 0 Å². The van der Waals surface area contributed by atoms with Gasteiger partial charge in [-0.1, -0.05) is 29.8 Å². The molecule has 3 aromatic rings. The van der Waals surface area contributed by atoms with E-state index in [4.69, 9.17) is 16.3 Å². The van der Waals surface area contributed by atoms with E-state index in [9.17, 15) is 14.4 Å². The van der Waals surface area contributed by atoms with Crippen molar-refractivity contribution >= 4 is 35.0 Å². The number of rotatable bonds is 3. The number of ether oxygens (including phenoxy) is 1. The van der Waals surface area contributed by atoms with Gasteiger partial charge < -0.3 is 19.9 Å². The summed E-state index contributed by atoms with van der Waals surface area (Å²) < 4.78 is 5.15. The SMILES string of the molecule is COc1ccc(C(=O)N2CCN3C(=O)c4cc(-c5ccc(Cl)cc5)ccc4NC(=O)C3C2)cc1. The fourth-order valence-corrected chi connectivity index (χ4v) is 4.50. The zero-order chi connectivity index (χ0) is 23.8. The summed E-state index contributed by atoms with van der Waals surface area (Å²) in [5.41, 5.74) is 3.17. The van der Waals surface area contributed by atoms with Gasteiger partial charge in [0.1, 0.15) is 11.8 Å². The fraction of sp³-hybridized carbons (Fsp3) is 0.192. The number of halogens is 1. The first-order chi connectivity index (χ1) is 16.4. The van der Waals surface area contributed by atoms with Crippen molar-refractivity contribution in [1.29, 1.82) is 0 Å².